The zero-order valence-corrected chi connectivity index (χ0v) is 12.1. The average Bonchev–Trinajstić information content (AvgIpc) is 2.59. The van der Waals surface area contributed by atoms with E-state index >= 15 is 0 Å². The van der Waals surface area contributed by atoms with E-state index in [1.807, 2.05) is 26.1 Å². The van der Waals surface area contributed by atoms with Crippen LogP contribution in [0.5, 0.6) is 0 Å². The molecule has 1 aromatic rings. The van der Waals surface area contributed by atoms with E-state index in [2.05, 4.69) is 21.9 Å². The second-order valence-corrected chi connectivity index (χ2v) is 5.45. The lowest BCUT2D eigenvalue weighted by Gasteiger charge is -2.23. The van der Waals surface area contributed by atoms with Gasteiger partial charge in [-0.15, -0.1) is 0 Å². The summed E-state index contributed by atoms with van der Waals surface area (Å²) in [6.45, 7) is 1.90. The van der Waals surface area contributed by atoms with Crippen molar-refractivity contribution < 1.29 is 9.59 Å². The summed E-state index contributed by atoms with van der Waals surface area (Å²) >= 11 is 0. The molecule has 1 unspecified atom stereocenters. The number of nitrogens with one attached hydrogen (secondary N) is 2. The van der Waals surface area contributed by atoms with Gasteiger partial charge in [0.2, 0.25) is 5.91 Å². The van der Waals surface area contributed by atoms with Gasteiger partial charge in [0.15, 0.2) is 0 Å². The summed E-state index contributed by atoms with van der Waals surface area (Å²) in [4.78, 5) is 24.9. The summed E-state index contributed by atoms with van der Waals surface area (Å²) in [5.41, 5.74) is 6.32. The van der Waals surface area contributed by atoms with Gasteiger partial charge in [0.25, 0.3) is 0 Å². The first-order valence-corrected chi connectivity index (χ1v) is 7.10. The van der Waals surface area contributed by atoms with Crippen LogP contribution in [-0.2, 0) is 11.2 Å². The van der Waals surface area contributed by atoms with Crippen LogP contribution in [0.4, 0.5) is 10.5 Å². The summed E-state index contributed by atoms with van der Waals surface area (Å²) in [7, 11) is 1.81. The van der Waals surface area contributed by atoms with Crippen molar-refractivity contribution in [3.8, 4) is 0 Å². The van der Waals surface area contributed by atoms with E-state index in [4.69, 9.17) is 0 Å². The maximum absolute atomic E-state index is 11.9. The number of nitrogens with zero attached hydrogens (tertiary/aromatic N) is 2. The number of anilines is 1. The number of urea groups is 1. The highest BCUT2D eigenvalue weighted by Gasteiger charge is 2.23. The maximum Gasteiger partial charge on any atom is 0.335 e. The Labute approximate surface area is 123 Å². The number of rotatable bonds is 1. The number of benzene rings is 1. The van der Waals surface area contributed by atoms with Gasteiger partial charge < -0.3 is 10.2 Å². The second kappa shape index (κ2) is 5.20. The standard InChI is InChI=1S/C15H18N4O2/c1-9-14(17-18-15(21)16-9)11-6-7-12-10(8-11)4-3-5-13(20)19(12)2/h6-9H,3-5H2,1-2H3,(H2,16,18,21). The number of hydrogen-bond acceptors (Lipinski definition) is 3. The highest BCUT2D eigenvalue weighted by molar-refractivity contribution is 6.08. The van der Waals surface area contributed by atoms with Crippen LogP contribution in [0.15, 0.2) is 23.3 Å². The number of fused-ring (bicyclic) bond motifs is 1. The molecule has 3 amide bonds. The van der Waals surface area contributed by atoms with Crippen LogP contribution in [0.2, 0.25) is 0 Å². The summed E-state index contributed by atoms with van der Waals surface area (Å²) < 4.78 is 0. The van der Waals surface area contributed by atoms with Crippen LogP contribution in [0, 0.1) is 0 Å². The van der Waals surface area contributed by atoms with Crippen molar-refractivity contribution in [1.82, 2.24) is 10.7 Å². The molecular formula is C15H18N4O2. The Kier molecular flexibility index (Phi) is 3.37. The Morgan fingerprint density at radius 3 is 2.86 bits per heavy atom. The van der Waals surface area contributed by atoms with Gasteiger partial charge in [-0.3, -0.25) is 4.79 Å². The zero-order valence-electron chi connectivity index (χ0n) is 12.1. The molecule has 21 heavy (non-hydrogen) atoms. The van der Waals surface area contributed by atoms with E-state index in [-0.39, 0.29) is 18.0 Å². The summed E-state index contributed by atoms with van der Waals surface area (Å²) in [5.74, 6) is 0.152. The molecule has 2 aliphatic heterocycles. The molecule has 0 spiro atoms. The molecule has 6 heteroatoms. The average molecular weight is 286 g/mol. The largest absolute Gasteiger partial charge is 0.335 e. The highest BCUT2D eigenvalue weighted by Crippen LogP contribution is 2.27. The van der Waals surface area contributed by atoms with Crippen LogP contribution in [0.3, 0.4) is 0 Å². The minimum Gasteiger partial charge on any atom is -0.328 e. The van der Waals surface area contributed by atoms with Crippen LogP contribution >= 0.6 is 0 Å². The first-order chi connectivity index (χ1) is 10.1. The van der Waals surface area contributed by atoms with Crippen molar-refractivity contribution in [2.45, 2.75) is 32.2 Å². The lowest BCUT2D eigenvalue weighted by molar-refractivity contribution is -0.118. The quantitative estimate of drug-likeness (QED) is 0.818. The zero-order chi connectivity index (χ0) is 15.0. The van der Waals surface area contributed by atoms with E-state index in [0.29, 0.717) is 6.42 Å². The lowest BCUT2D eigenvalue weighted by Crippen LogP contribution is -2.48. The Hall–Kier alpha value is -2.37. The third-order valence-corrected chi connectivity index (χ3v) is 3.98. The van der Waals surface area contributed by atoms with Crippen LogP contribution in [-0.4, -0.2) is 30.7 Å². The number of aryl methyl sites for hydroxylation is 1. The summed E-state index contributed by atoms with van der Waals surface area (Å²) in [6, 6.07) is 5.55. The maximum atomic E-state index is 11.9. The summed E-state index contributed by atoms with van der Waals surface area (Å²) in [6.07, 6.45) is 2.31. The molecule has 1 aromatic carbocycles. The van der Waals surface area contributed by atoms with Gasteiger partial charge in [0, 0.05) is 24.7 Å². The first-order valence-electron chi connectivity index (χ1n) is 7.10. The van der Waals surface area contributed by atoms with Crippen molar-refractivity contribution >= 4 is 23.3 Å². The molecule has 2 heterocycles. The van der Waals surface area contributed by atoms with Crippen LogP contribution in [0.1, 0.15) is 30.9 Å². The number of hydrogen-bond donors (Lipinski definition) is 2. The van der Waals surface area contributed by atoms with Gasteiger partial charge in [-0.25, -0.2) is 10.2 Å². The number of amides is 3. The van der Waals surface area contributed by atoms with Gasteiger partial charge >= 0.3 is 6.03 Å². The van der Waals surface area contributed by atoms with E-state index in [1.165, 1.54) is 0 Å². The van der Waals surface area contributed by atoms with E-state index in [0.717, 1.165) is 35.4 Å². The molecule has 0 aliphatic carbocycles. The van der Waals surface area contributed by atoms with Crippen molar-refractivity contribution in [2.75, 3.05) is 11.9 Å². The molecule has 6 nitrogen and oxygen atoms in total. The number of carbonyl (C=O) groups excluding carboxylic acids is 2. The molecule has 0 bridgehead atoms. The van der Waals surface area contributed by atoms with Gasteiger partial charge in [0.05, 0.1) is 11.8 Å². The van der Waals surface area contributed by atoms with Gasteiger partial charge in [-0.2, -0.15) is 5.10 Å². The van der Waals surface area contributed by atoms with Gasteiger partial charge in [-0.05, 0) is 37.5 Å². The van der Waals surface area contributed by atoms with Crippen molar-refractivity contribution in [2.24, 2.45) is 5.10 Å². The molecule has 2 N–H and O–H groups in total. The molecule has 0 saturated carbocycles. The Bertz CT molecular complexity index is 639. The number of carbonyl (C=O) groups is 2. The minimum absolute atomic E-state index is 0.137. The van der Waals surface area contributed by atoms with E-state index < -0.39 is 0 Å². The molecule has 1 atom stereocenters. The molecule has 0 radical (unpaired) electrons. The molecule has 0 fully saturated rings. The van der Waals surface area contributed by atoms with Crippen LogP contribution in [0.25, 0.3) is 0 Å². The van der Waals surface area contributed by atoms with Crippen molar-refractivity contribution in [1.29, 1.82) is 0 Å². The Morgan fingerprint density at radius 1 is 1.29 bits per heavy atom. The van der Waals surface area contributed by atoms with Gasteiger partial charge in [0.1, 0.15) is 0 Å². The first kappa shape index (κ1) is 13.6. The SMILES string of the molecule is CC1NC(=O)NN=C1c1ccc2c(c1)CCCC(=O)N2C. The third-order valence-electron chi connectivity index (χ3n) is 3.98. The fraction of sp³-hybridized carbons (Fsp3) is 0.400. The molecule has 2 aliphatic rings. The Balaban J connectivity index is 1.98. The smallest absolute Gasteiger partial charge is 0.328 e. The molecule has 0 aromatic heterocycles. The topological polar surface area (TPSA) is 73.8 Å². The monoisotopic (exact) mass is 286 g/mol. The van der Waals surface area contributed by atoms with Crippen molar-refractivity contribution in [3.63, 3.8) is 0 Å². The van der Waals surface area contributed by atoms with Crippen LogP contribution < -0.4 is 15.6 Å². The predicted molar refractivity (Wildman–Crippen MR) is 80.5 cm³/mol. The third kappa shape index (κ3) is 2.49. The number of hydrazone groups is 1. The predicted octanol–water partition coefficient (Wildman–Crippen LogP) is 1.39. The molecule has 0 saturated heterocycles. The lowest BCUT2D eigenvalue weighted by atomic mass is 9.98. The molecular weight excluding hydrogens is 268 g/mol. The Morgan fingerprint density at radius 2 is 2.10 bits per heavy atom. The van der Waals surface area contributed by atoms with Gasteiger partial charge in [-0.1, -0.05) is 6.07 Å². The normalized spacial score (nSPS) is 21.9. The van der Waals surface area contributed by atoms with Crippen molar-refractivity contribution in [3.05, 3.63) is 29.3 Å². The fourth-order valence-corrected chi connectivity index (χ4v) is 2.82. The van der Waals surface area contributed by atoms with E-state index in [1.54, 1.807) is 4.90 Å². The minimum atomic E-state index is -0.286. The molecule has 110 valence electrons. The summed E-state index contributed by atoms with van der Waals surface area (Å²) in [5, 5.41) is 6.93. The van der Waals surface area contributed by atoms with E-state index in [9.17, 15) is 9.59 Å². The fourth-order valence-electron chi connectivity index (χ4n) is 2.82. The highest BCUT2D eigenvalue weighted by atomic mass is 16.2. The second-order valence-electron chi connectivity index (χ2n) is 5.45. The molecule has 3 rings (SSSR count).